The number of hydrogen-bond acceptors (Lipinski definition) is 4. The molecule has 0 unspecified atom stereocenters. The van der Waals surface area contributed by atoms with Crippen LogP contribution in [0.25, 0.3) is 66.8 Å². The maximum atomic E-state index is 9.25. The molecule has 307 valence electrons. The Morgan fingerprint density at radius 3 is 2.27 bits per heavy atom. The largest absolute Gasteiger partial charge is 0.486 e. The van der Waals surface area contributed by atoms with Gasteiger partial charge in [-0.15, -0.1) is 47.5 Å². The van der Waals surface area contributed by atoms with Crippen LogP contribution in [-0.4, -0.2) is 23.0 Å². The summed E-state index contributed by atoms with van der Waals surface area (Å²) in [6, 6.07) is 34.0. The van der Waals surface area contributed by atoms with Crippen LogP contribution in [-0.2, 0) is 20.1 Å². The molecule has 0 saturated heterocycles. The van der Waals surface area contributed by atoms with E-state index in [1.54, 1.807) is 24.3 Å². The van der Waals surface area contributed by atoms with E-state index in [0.29, 0.717) is 45.9 Å². The minimum absolute atomic E-state index is 0. The van der Waals surface area contributed by atoms with Gasteiger partial charge in [0.1, 0.15) is 0 Å². The fourth-order valence-electron chi connectivity index (χ4n) is 7.55. The van der Waals surface area contributed by atoms with Crippen molar-refractivity contribution in [2.24, 2.45) is 5.41 Å². The van der Waals surface area contributed by atoms with Crippen molar-refractivity contribution in [3.63, 3.8) is 0 Å². The van der Waals surface area contributed by atoms with E-state index in [1.807, 2.05) is 48.7 Å². The van der Waals surface area contributed by atoms with E-state index in [9.17, 15) is 1.37 Å². The molecule has 0 spiro atoms. The molecule has 6 heteroatoms. The molecule has 0 aliphatic heterocycles. The van der Waals surface area contributed by atoms with Crippen molar-refractivity contribution in [3.8, 4) is 44.8 Å². The van der Waals surface area contributed by atoms with E-state index >= 15 is 0 Å². The Kier molecular flexibility index (Phi) is 8.33. The molecule has 0 N–H and O–H groups in total. The molecular formula is C54H55IrN3OSi-2. The number of hydrogen-bond donors (Lipinski definition) is 0. The maximum absolute atomic E-state index is 9.25. The van der Waals surface area contributed by atoms with Gasteiger partial charge < -0.3 is 14.4 Å². The van der Waals surface area contributed by atoms with Gasteiger partial charge in [-0.05, 0) is 120 Å². The van der Waals surface area contributed by atoms with Crippen molar-refractivity contribution in [3.05, 3.63) is 156 Å². The van der Waals surface area contributed by atoms with E-state index in [1.165, 1.54) is 29.5 Å². The Hall–Kier alpha value is -5.00. The van der Waals surface area contributed by atoms with Crippen molar-refractivity contribution in [1.82, 2.24) is 15.0 Å². The summed E-state index contributed by atoms with van der Waals surface area (Å²) in [7, 11) is -1.40. The molecule has 60 heavy (non-hydrogen) atoms. The first kappa shape index (κ1) is 28.5. The molecule has 0 atom stereocenters. The van der Waals surface area contributed by atoms with Crippen molar-refractivity contribution < 1.29 is 43.7 Å². The van der Waals surface area contributed by atoms with Crippen LogP contribution in [0.1, 0.15) is 92.6 Å². The summed E-state index contributed by atoms with van der Waals surface area (Å²) in [6.07, 6.45) is 5.68. The summed E-state index contributed by atoms with van der Waals surface area (Å²) in [5.41, 5.74) is 4.29. The zero-order valence-electron chi connectivity index (χ0n) is 48.3. The summed E-state index contributed by atoms with van der Waals surface area (Å²) in [6.45, 7) is 1.09. The Balaban J connectivity index is 0.000000251. The third-order valence-electron chi connectivity index (χ3n) is 11.2. The van der Waals surface area contributed by atoms with E-state index in [0.717, 1.165) is 35.9 Å². The molecule has 1 saturated carbocycles. The number of aryl methyl sites for hydroxylation is 4. The van der Waals surface area contributed by atoms with Gasteiger partial charge in [-0.3, -0.25) is 0 Å². The fourth-order valence-corrected chi connectivity index (χ4v) is 8.58. The van der Waals surface area contributed by atoms with E-state index < -0.39 is 41.4 Å². The van der Waals surface area contributed by atoms with Crippen molar-refractivity contribution in [2.45, 2.75) is 92.5 Å². The number of fused-ring (bicyclic) bond motifs is 3. The molecule has 4 heterocycles. The predicted octanol–water partition coefficient (Wildman–Crippen LogP) is 14.2. The molecule has 8 aromatic rings. The Bertz CT molecular complexity index is 3330. The molecule has 0 bridgehead atoms. The predicted molar refractivity (Wildman–Crippen MR) is 250 cm³/mol. The number of pyridine rings is 3. The molecule has 1 fully saturated rings. The second-order valence-corrected chi connectivity index (χ2v) is 22.1. The van der Waals surface area contributed by atoms with Crippen LogP contribution in [0.5, 0.6) is 0 Å². The van der Waals surface area contributed by atoms with Crippen molar-refractivity contribution in [2.75, 3.05) is 0 Å². The summed E-state index contributed by atoms with van der Waals surface area (Å²) >= 11 is 0. The first-order valence-corrected chi connectivity index (χ1v) is 23.3. The van der Waals surface area contributed by atoms with Crippen LogP contribution >= 0.6 is 0 Å². The average Bonchev–Trinajstić information content (AvgIpc) is 3.69. The third-order valence-corrected chi connectivity index (χ3v) is 13.3. The molecule has 4 aromatic carbocycles. The van der Waals surface area contributed by atoms with E-state index in [-0.39, 0.29) is 76.5 Å². The van der Waals surface area contributed by atoms with Crippen LogP contribution < -0.4 is 5.19 Å². The quantitative estimate of drug-likeness (QED) is 0.123. The zero-order valence-corrected chi connectivity index (χ0v) is 37.7. The van der Waals surface area contributed by atoms with Crippen LogP contribution in [0.4, 0.5) is 0 Å². The number of benzene rings is 4. The molecular weight excluding hydrogens is 927 g/mol. The maximum Gasteiger partial charge on any atom is 0.216 e. The van der Waals surface area contributed by atoms with Gasteiger partial charge in [0.05, 0.1) is 15.0 Å². The third kappa shape index (κ3) is 9.17. The van der Waals surface area contributed by atoms with Gasteiger partial charge in [0, 0.05) is 61.4 Å². The number of rotatable bonds is 6. The van der Waals surface area contributed by atoms with Gasteiger partial charge >= 0.3 is 0 Å². The number of aromatic nitrogens is 3. The summed E-state index contributed by atoms with van der Waals surface area (Å²) in [4.78, 5) is 13.2. The first-order valence-electron chi connectivity index (χ1n) is 26.8. The summed E-state index contributed by atoms with van der Waals surface area (Å²) in [5, 5.41) is 2.46. The van der Waals surface area contributed by atoms with Crippen LogP contribution in [0, 0.1) is 45.0 Å². The summed E-state index contributed by atoms with van der Waals surface area (Å²) < 4.78 is 121. The molecule has 0 amide bonds. The normalized spacial score (nSPS) is 18.9. The van der Waals surface area contributed by atoms with Gasteiger partial charge in [0.25, 0.3) is 0 Å². The van der Waals surface area contributed by atoms with Crippen LogP contribution in [0.2, 0.25) is 19.6 Å². The van der Waals surface area contributed by atoms with Gasteiger partial charge in [0.15, 0.2) is 0 Å². The SMILES string of the molecule is [2H]C([2H])([2H])c1c[c-]c(-c2ccc([Si](C)(C)C)cn2)cc1-c1ccccc1.[2H]c1cc(C2([2H])CCC(C)(C)CC2)cc(C([2H])([2H])[2H])c1-c1cc(-c2[c-]ccc3c2oc2nc(C([2H])([2H])[2H])ccc23)ncc1C([2H])([2H])[2H].[Ir]. The molecule has 1 aliphatic carbocycles. The van der Waals surface area contributed by atoms with E-state index in [2.05, 4.69) is 66.6 Å². The van der Waals surface area contributed by atoms with Crippen molar-refractivity contribution >= 4 is 35.3 Å². The van der Waals surface area contributed by atoms with Gasteiger partial charge in [-0.2, -0.15) is 0 Å². The van der Waals surface area contributed by atoms with Crippen LogP contribution in [0.15, 0.2) is 120 Å². The monoisotopic (exact) mass is 996 g/mol. The molecule has 4 nitrogen and oxygen atoms in total. The zero-order chi connectivity index (χ0) is 53.3. The van der Waals surface area contributed by atoms with Gasteiger partial charge in [-0.25, -0.2) is 4.98 Å². The standard InChI is InChI=1S/C33H33N2O.C21H22NSi.Ir/c1-20-17-24(23-13-15-33(4,5)16-14-23)10-12-25(20)29-18-30(34-19-21(29)2)28-8-6-7-26-27-11-9-22(3)35-32(27)36-31(26)28;1-16-10-11-18(14-20(16)17-8-6-5-7-9-17)21-13-12-19(15-22-21)23(2,3)4;/h6-7,9-12,17-19,23H,13-16H2,1-5H3;5-10,12-15H,1-4H3;/q2*-1;/i1D3,2D3,3D3,12D,23D;1D3;. The molecule has 4 aromatic heterocycles. The Morgan fingerprint density at radius 2 is 1.55 bits per heavy atom. The topological polar surface area (TPSA) is 51.8 Å². The Morgan fingerprint density at radius 1 is 0.767 bits per heavy atom. The second-order valence-electron chi connectivity index (χ2n) is 17.0. The van der Waals surface area contributed by atoms with Gasteiger partial charge in [0.2, 0.25) is 5.71 Å². The average molecular weight is 996 g/mol. The minimum atomic E-state index is -2.72. The minimum Gasteiger partial charge on any atom is -0.486 e. The molecule has 1 aliphatic rings. The number of nitrogens with zero attached hydrogens (tertiary/aromatic N) is 3. The van der Waals surface area contributed by atoms with E-state index in [4.69, 9.17) is 22.2 Å². The second kappa shape index (κ2) is 17.5. The Labute approximate surface area is 391 Å². The number of furan rings is 1. The molecule has 1 radical (unpaired) electrons. The van der Waals surface area contributed by atoms with Crippen LogP contribution in [0.3, 0.4) is 0 Å². The smallest absolute Gasteiger partial charge is 0.216 e. The fraction of sp³-hybridized carbons (Fsp3) is 0.278. The van der Waals surface area contributed by atoms with Gasteiger partial charge in [-0.1, -0.05) is 124 Å². The summed E-state index contributed by atoms with van der Waals surface area (Å²) in [5.74, 6) is -1.07. The molecule has 9 rings (SSSR count). The first-order chi connectivity index (χ1) is 33.8. The van der Waals surface area contributed by atoms with Crippen molar-refractivity contribution in [1.29, 1.82) is 0 Å².